The van der Waals surface area contributed by atoms with E-state index < -0.39 is 0 Å². The topological polar surface area (TPSA) is 56.7 Å². The molecule has 0 N–H and O–H groups in total. The van der Waals surface area contributed by atoms with Crippen LogP contribution in [-0.4, -0.2) is 19.9 Å². The molecular weight excluding hydrogens is 228 g/mol. The second-order valence-electron chi connectivity index (χ2n) is 4.06. The minimum atomic E-state index is 0.506. The third kappa shape index (κ3) is 2.15. The van der Waals surface area contributed by atoms with E-state index in [0.717, 1.165) is 12.1 Å². The monoisotopic (exact) mass is 240 g/mol. The molecule has 0 radical (unpaired) electrons. The van der Waals surface area contributed by atoms with Crippen molar-refractivity contribution in [3.05, 3.63) is 54.1 Å². The van der Waals surface area contributed by atoms with E-state index in [1.54, 1.807) is 13.1 Å². The molecule has 3 rings (SSSR count). The van der Waals surface area contributed by atoms with Crippen LogP contribution >= 0.6 is 0 Å². The maximum atomic E-state index is 5.10. The number of rotatable bonds is 3. The van der Waals surface area contributed by atoms with E-state index in [4.69, 9.17) is 4.52 Å². The summed E-state index contributed by atoms with van der Waals surface area (Å²) >= 11 is 0. The van der Waals surface area contributed by atoms with E-state index in [-0.39, 0.29) is 0 Å². The first-order chi connectivity index (χ1) is 8.81. The molecule has 0 aliphatic heterocycles. The Bertz CT molecular complexity index is 642. The number of aromatic nitrogens is 4. The Morgan fingerprint density at radius 1 is 1.22 bits per heavy atom. The van der Waals surface area contributed by atoms with Crippen molar-refractivity contribution >= 4 is 0 Å². The van der Waals surface area contributed by atoms with Crippen LogP contribution in [0.3, 0.4) is 0 Å². The van der Waals surface area contributed by atoms with Crippen LogP contribution in [0.5, 0.6) is 0 Å². The zero-order valence-corrected chi connectivity index (χ0v) is 9.95. The van der Waals surface area contributed by atoms with E-state index in [1.165, 1.54) is 5.56 Å². The van der Waals surface area contributed by atoms with Gasteiger partial charge in [-0.2, -0.15) is 10.1 Å². The van der Waals surface area contributed by atoms with Crippen molar-refractivity contribution in [2.24, 2.45) is 0 Å². The van der Waals surface area contributed by atoms with Crippen molar-refractivity contribution in [3.8, 4) is 11.5 Å². The minimum absolute atomic E-state index is 0.506. The van der Waals surface area contributed by atoms with Gasteiger partial charge in [0, 0.05) is 6.20 Å². The lowest BCUT2D eigenvalue weighted by Crippen LogP contribution is -1.99. The summed E-state index contributed by atoms with van der Waals surface area (Å²) in [5.41, 5.74) is 2.04. The molecule has 0 unspecified atom stereocenters. The van der Waals surface area contributed by atoms with Gasteiger partial charge in [0.15, 0.2) is 5.82 Å². The van der Waals surface area contributed by atoms with Crippen LogP contribution in [0.15, 0.2) is 47.2 Å². The molecule has 0 aliphatic rings. The maximum Gasteiger partial charge on any atom is 0.261 e. The smallest absolute Gasteiger partial charge is 0.261 e. The molecule has 90 valence electrons. The Morgan fingerprint density at radius 3 is 2.78 bits per heavy atom. The fourth-order valence-electron chi connectivity index (χ4n) is 1.75. The van der Waals surface area contributed by atoms with Crippen LogP contribution in [0, 0.1) is 6.92 Å². The minimum Gasteiger partial charge on any atom is -0.334 e. The fraction of sp³-hybridized carbons (Fsp3) is 0.154. The van der Waals surface area contributed by atoms with E-state index in [2.05, 4.69) is 27.4 Å². The van der Waals surface area contributed by atoms with E-state index in [9.17, 15) is 0 Å². The van der Waals surface area contributed by atoms with Gasteiger partial charge in [0.05, 0.1) is 18.3 Å². The predicted molar refractivity (Wildman–Crippen MR) is 65.8 cm³/mol. The van der Waals surface area contributed by atoms with Gasteiger partial charge in [-0.3, -0.25) is 4.68 Å². The first kappa shape index (κ1) is 10.7. The highest BCUT2D eigenvalue weighted by Crippen LogP contribution is 2.16. The van der Waals surface area contributed by atoms with Gasteiger partial charge in [0.25, 0.3) is 5.89 Å². The Balaban J connectivity index is 1.82. The lowest BCUT2D eigenvalue weighted by molar-refractivity contribution is 0.425. The molecule has 2 heterocycles. The first-order valence-corrected chi connectivity index (χ1v) is 5.68. The number of benzene rings is 1. The van der Waals surface area contributed by atoms with E-state index in [1.807, 2.05) is 29.1 Å². The first-order valence-electron chi connectivity index (χ1n) is 5.68. The van der Waals surface area contributed by atoms with Crippen molar-refractivity contribution in [2.75, 3.05) is 0 Å². The van der Waals surface area contributed by atoms with Gasteiger partial charge in [0.2, 0.25) is 0 Å². The van der Waals surface area contributed by atoms with Gasteiger partial charge < -0.3 is 4.52 Å². The number of nitrogens with zero attached hydrogens (tertiary/aromatic N) is 4. The van der Waals surface area contributed by atoms with Crippen LogP contribution in [-0.2, 0) is 6.54 Å². The molecule has 18 heavy (non-hydrogen) atoms. The molecule has 0 amide bonds. The van der Waals surface area contributed by atoms with Gasteiger partial charge >= 0.3 is 0 Å². The second-order valence-corrected chi connectivity index (χ2v) is 4.06. The highest BCUT2D eigenvalue weighted by Gasteiger charge is 2.08. The van der Waals surface area contributed by atoms with Gasteiger partial charge in [-0.05, 0) is 12.5 Å². The van der Waals surface area contributed by atoms with Crippen molar-refractivity contribution in [1.29, 1.82) is 0 Å². The van der Waals surface area contributed by atoms with Gasteiger partial charge in [-0.15, -0.1) is 0 Å². The molecule has 2 aromatic heterocycles. The summed E-state index contributed by atoms with van der Waals surface area (Å²) in [4.78, 5) is 4.17. The Labute approximate surface area is 104 Å². The van der Waals surface area contributed by atoms with E-state index >= 15 is 0 Å². The molecule has 0 saturated heterocycles. The van der Waals surface area contributed by atoms with Gasteiger partial charge in [-0.25, -0.2) is 0 Å². The van der Waals surface area contributed by atoms with Crippen LogP contribution in [0.4, 0.5) is 0 Å². The summed E-state index contributed by atoms with van der Waals surface area (Å²) in [7, 11) is 0. The fourth-order valence-corrected chi connectivity index (χ4v) is 1.75. The predicted octanol–water partition coefficient (Wildman–Crippen LogP) is 2.29. The quantitative estimate of drug-likeness (QED) is 0.704. The summed E-state index contributed by atoms with van der Waals surface area (Å²) in [5.74, 6) is 1.13. The highest BCUT2D eigenvalue weighted by molar-refractivity contribution is 5.49. The number of aryl methyl sites for hydroxylation is 1. The van der Waals surface area contributed by atoms with Crippen molar-refractivity contribution in [1.82, 2.24) is 19.9 Å². The molecule has 5 nitrogen and oxygen atoms in total. The van der Waals surface area contributed by atoms with Crippen LogP contribution in [0.25, 0.3) is 11.5 Å². The zero-order valence-electron chi connectivity index (χ0n) is 9.95. The highest BCUT2D eigenvalue weighted by atomic mass is 16.5. The lowest BCUT2D eigenvalue weighted by atomic mass is 10.2. The normalized spacial score (nSPS) is 10.7. The van der Waals surface area contributed by atoms with Crippen molar-refractivity contribution in [2.45, 2.75) is 13.5 Å². The summed E-state index contributed by atoms with van der Waals surface area (Å²) in [6.45, 7) is 2.52. The molecule has 0 atom stereocenters. The molecule has 0 fully saturated rings. The lowest BCUT2D eigenvalue weighted by Gasteiger charge is -2.00. The third-order valence-corrected chi connectivity index (χ3v) is 2.60. The van der Waals surface area contributed by atoms with Crippen molar-refractivity contribution < 1.29 is 4.52 Å². The summed E-state index contributed by atoms with van der Waals surface area (Å²) < 4.78 is 6.95. The summed E-state index contributed by atoms with van der Waals surface area (Å²) in [6, 6.07) is 10.2. The molecule has 5 heteroatoms. The molecular formula is C13H12N4O. The third-order valence-electron chi connectivity index (χ3n) is 2.60. The largest absolute Gasteiger partial charge is 0.334 e. The van der Waals surface area contributed by atoms with Crippen LogP contribution < -0.4 is 0 Å². The molecule has 3 aromatic rings. The average Bonchev–Trinajstić information content (AvgIpc) is 2.99. The van der Waals surface area contributed by atoms with Crippen LogP contribution in [0.2, 0.25) is 0 Å². The number of hydrogen-bond acceptors (Lipinski definition) is 4. The van der Waals surface area contributed by atoms with Crippen molar-refractivity contribution in [3.63, 3.8) is 0 Å². The summed E-state index contributed by atoms with van der Waals surface area (Å²) in [5, 5.41) is 8.05. The second kappa shape index (κ2) is 4.44. The Morgan fingerprint density at radius 2 is 2.06 bits per heavy atom. The van der Waals surface area contributed by atoms with Crippen LogP contribution in [0.1, 0.15) is 11.4 Å². The molecule has 0 spiro atoms. The number of hydrogen-bond donors (Lipinski definition) is 0. The molecule has 1 aromatic carbocycles. The Kier molecular flexibility index (Phi) is 2.64. The SMILES string of the molecule is Cc1noc(-c2cnn(Cc3ccccc3)c2)n1. The molecule has 0 aliphatic carbocycles. The zero-order chi connectivity index (χ0) is 12.4. The van der Waals surface area contributed by atoms with Gasteiger partial charge in [-0.1, -0.05) is 35.5 Å². The molecule has 0 saturated carbocycles. The maximum absolute atomic E-state index is 5.10. The molecule has 0 bridgehead atoms. The summed E-state index contributed by atoms with van der Waals surface area (Å²) in [6.07, 6.45) is 3.63. The standard InChI is InChI=1S/C13H12N4O/c1-10-15-13(18-16-10)12-7-14-17(9-12)8-11-5-3-2-4-6-11/h2-7,9H,8H2,1H3. The van der Waals surface area contributed by atoms with E-state index in [0.29, 0.717) is 11.7 Å². The average molecular weight is 240 g/mol. The van der Waals surface area contributed by atoms with Gasteiger partial charge in [0.1, 0.15) is 0 Å². The Hall–Kier alpha value is -2.43.